The molecule has 1 aromatic heterocycles. The Morgan fingerprint density at radius 2 is 2.14 bits per heavy atom. The number of aromatic nitrogens is 1. The molecule has 0 aromatic carbocycles. The van der Waals surface area contributed by atoms with Gasteiger partial charge in [-0.2, -0.15) is 4.39 Å². The van der Waals surface area contributed by atoms with Gasteiger partial charge in [-0.15, -0.1) is 0 Å². The van der Waals surface area contributed by atoms with E-state index in [1.807, 2.05) is 6.07 Å². The zero-order valence-corrected chi connectivity index (χ0v) is 9.94. The van der Waals surface area contributed by atoms with Gasteiger partial charge in [-0.3, -0.25) is 0 Å². The lowest BCUT2D eigenvalue weighted by Gasteiger charge is -2.10. The maximum atomic E-state index is 13.4. The number of hydrogen-bond acceptors (Lipinski definition) is 1. The highest BCUT2D eigenvalue weighted by molar-refractivity contribution is 9.10. The van der Waals surface area contributed by atoms with E-state index in [2.05, 4.69) is 34.8 Å². The molecule has 0 aliphatic heterocycles. The lowest BCUT2D eigenvalue weighted by molar-refractivity contribution is 0.561. The molecule has 0 radical (unpaired) electrons. The lowest BCUT2D eigenvalue weighted by Crippen LogP contribution is -1.99. The van der Waals surface area contributed by atoms with Crippen LogP contribution in [0.1, 0.15) is 49.7 Å². The zero-order valence-electron chi connectivity index (χ0n) is 8.35. The van der Waals surface area contributed by atoms with Gasteiger partial charge in [-0.1, -0.05) is 13.8 Å². The van der Waals surface area contributed by atoms with Crippen molar-refractivity contribution in [1.29, 1.82) is 0 Å². The van der Waals surface area contributed by atoms with Crippen LogP contribution in [0.25, 0.3) is 0 Å². The van der Waals surface area contributed by atoms with Gasteiger partial charge in [0.25, 0.3) is 0 Å². The molecule has 1 saturated carbocycles. The quantitative estimate of drug-likeness (QED) is 0.731. The Labute approximate surface area is 91.9 Å². The SMILES string of the molecule is CC(C)c1cc(C2CC2)c(F)nc1Br. The smallest absolute Gasteiger partial charge is 0.212 e. The molecule has 1 aromatic rings. The topological polar surface area (TPSA) is 12.9 Å². The summed E-state index contributed by atoms with van der Waals surface area (Å²) in [5, 5.41) is 0. The summed E-state index contributed by atoms with van der Waals surface area (Å²) in [5.41, 5.74) is 1.91. The first kappa shape index (κ1) is 10.1. The van der Waals surface area contributed by atoms with Crippen LogP contribution in [0.2, 0.25) is 0 Å². The average Bonchev–Trinajstić information content (AvgIpc) is 2.86. The Balaban J connectivity index is 2.45. The number of hydrogen-bond donors (Lipinski definition) is 0. The summed E-state index contributed by atoms with van der Waals surface area (Å²) in [6.07, 6.45) is 2.22. The molecular weight excluding hydrogens is 245 g/mol. The second-order valence-corrected chi connectivity index (χ2v) is 4.93. The van der Waals surface area contributed by atoms with E-state index in [1.54, 1.807) is 0 Å². The first-order valence-electron chi connectivity index (χ1n) is 4.95. The monoisotopic (exact) mass is 257 g/mol. The van der Waals surface area contributed by atoms with Crippen LogP contribution in [0.4, 0.5) is 4.39 Å². The van der Waals surface area contributed by atoms with Crippen LogP contribution in [-0.2, 0) is 0 Å². The molecule has 1 fully saturated rings. The maximum Gasteiger partial charge on any atom is 0.217 e. The first-order chi connectivity index (χ1) is 6.59. The molecule has 0 bridgehead atoms. The summed E-state index contributed by atoms with van der Waals surface area (Å²) < 4.78 is 14.1. The van der Waals surface area contributed by atoms with Gasteiger partial charge in [0, 0.05) is 5.56 Å². The summed E-state index contributed by atoms with van der Waals surface area (Å²) >= 11 is 3.30. The highest BCUT2D eigenvalue weighted by Crippen LogP contribution is 2.42. The Bertz CT molecular complexity index is 335. The van der Waals surface area contributed by atoms with Crippen LogP contribution in [0, 0.1) is 5.95 Å². The van der Waals surface area contributed by atoms with Crippen LogP contribution in [-0.4, -0.2) is 4.98 Å². The van der Waals surface area contributed by atoms with Gasteiger partial charge in [-0.05, 0) is 52.2 Å². The Kier molecular flexibility index (Phi) is 2.60. The molecule has 0 unspecified atom stereocenters. The molecule has 14 heavy (non-hydrogen) atoms. The number of pyridine rings is 1. The van der Waals surface area contributed by atoms with E-state index in [9.17, 15) is 4.39 Å². The summed E-state index contributed by atoms with van der Waals surface area (Å²) in [7, 11) is 0. The van der Waals surface area contributed by atoms with Crippen molar-refractivity contribution in [3.05, 3.63) is 27.7 Å². The fraction of sp³-hybridized carbons (Fsp3) is 0.545. The predicted molar refractivity (Wildman–Crippen MR) is 58.0 cm³/mol. The molecule has 1 aliphatic rings. The third-order valence-corrected chi connectivity index (χ3v) is 3.26. The molecule has 0 amide bonds. The molecule has 1 aliphatic carbocycles. The largest absolute Gasteiger partial charge is 0.217 e. The normalized spacial score (nSPS) is 16.4. The highest BCUT2D eigenvalue weighted by atomic mass is 79.9. The minimum Gasteiger partial charge on any atom is -0.212 e. The molecule has 0 atom stereocenters. The number of nitrogens with zero attached hydrogens (tertiary/aromatic N) is 1. The molecule has 2 rings (SSSR count). The molecule has 76 valence electrons. The lowest BCUT2D eigenvalue weighted by atomic mass is 10.0. The van der Waals surface area contributed by atoms with E-state index in [-0.39, 0.29) is 5.95 Å². The van der Waals surface area contributed by atoms with Crippen LogP contribution in [0.5, 0.6) is 0 Å². The highest BCUT2D eigenvalue weighted by Gasteiger charge is 2.28. The van der Waals surface area contributed by atoms with E-state index < -0.39 is 0 Å². The summed E-state index contributed by atoms with van der Waals surface area (Å²) in [5.74, 6) is 0.506. The Morgan fingerprint density at radius 3 is 2.64 bits per heavy atom. The molecule has 1 heterocycles. The maximum absolute atomic E-state index is 13.4. The van der Waals surface area contributed by atoms with Gasteiger partial charge in [0.2, 0.25) is 5.95 Å². The summed E-state index contributed by atoms with van der Waals surface area (Å²) in [6, 6.07) is 1.97. The molecular formula is C11H13BrFN. The molecule has 0 saturated heterocycles. The van der Waals surface area contributed by atoms with Gasteiger partial charge < -0.3 is 0 Å². The molecule has 0 spiro atoms. The van der Waals surface area contributed by atoms with Crippen molar-refractivity contribution >= 4 is 15.9 Å². The van der Waals surface area contributed by atoms with Crippen LogP contribution in [0.3, 0.4) is 0 Å². The van der Waals surface area contributed by atoms with Crippen molar-refractivity contribution in [2.45, 2.75) is 38.5 Å². The van der Waals surface area contributed by atoms with Gasteiger partial charge in [0.1, 0.15) is 4.60 Å². The van der Waals surface area contributed by atoms with Gasteiger partial charge in [0.05, 0.1) is 0 Å². The third-order valence-electron chi connectivity index (χ3n) is 2.62. The van der Waals surface area contributed by atoms with Crippen LogP contribution >= 0.6 is 15.9 Å². The van der Waals surface area contributed by atoms with Gasteiger partial charge in [0.15, 0.2) is 0 Å². The van der Waals surface area contributed by atoms with E-state index >= 15 is 0 Å². The minimum atomic E-state index is -0.302. The van der Waals surface area contributed by atoms with Crippen molar-refractivity contribution < 1.29 is 4.39 Å². The zero-order chi connectivity index (χ0) is 10.3. The third kappa shape index (κ3) is 1.83. The fourth-order valence-electron chi connectivity index (χ4n) is 1.59. The van der Waals surface area contributed by atoms with Crippen molar-refractivity contribution in [2.24, 2.45) is 0 Å². The number of rotatable bonds is 2. The van der Waals surface area contributed by atoms with E-state index in [4.69, 9.17) is 0 Å². The average molecular weight is 258 g/mol. The van der Waals surface area contributed by atoms with Gasteiger partial charge >= 0.3 is 0 Å². The van der Waals surface area contributed by atoms with Gasteiger partial charge in [-0.25, -0.2) is 4.98 Å². The molecule has 0 N–H and O–H groups in total. The standard InChI is InChI=1S/C11H13BrFN/c1-6(2)8-5-9(7-3-4-7)11(13)14-10(8)12/h5-7H,3-4H2,1-2H3. The van der Waals surface area contributed by atoms with Crippen molar-refractivity contribution in [2.75, 3.05) is 0 Å². The summed E-state index contributed by atoms with van der Waals surface area (Å²) in [4.78, 5) is 3.91. The number of halogens is 2. The second-order valence-electron chi connectivity index (χ2n) is 4.18. The van der Waals surface area contributed by atoms with Crippen molar-refractivity contribution in [3.8, 4) is 0 Å². The van der Waals surface area contributed by atoms with E-state index in [0.717, 1.165) is 24.0 Å². The van der Waals surface area contributed by atoms with Crippen molar-refractivity contribution in [3.63, 3.8) is 0 Å². The Morgan fingerprint density at radius 1 is 1.50 bits per heavy atom. The predicted octanol–water partition coefficient (Wildman–Crippen LogP) is 3.98. The summed E-state index contributed by atoms with van der Waals surface area (Å²) in [6.45, 7) is 4.19. The Hall–Kier alpha value is -0.440. The second kappa shape index (κ2) is 3.61. The molecule has 1 nitrogen and oxygen atoms in total. The molecule has 3 heteroatoms. The van der Waals surface area contributed by atoms with Crippen LogP contribution < -0.4 is 0 Å². The van der Waals surface area contributed by atoms with E-state index in [1.165, 1.54) is 0 Å². The van der Waals surface area contributed by atoms with Crippen LogP contribution in [0.15, 0.2) is 10.7 Å². The first-order valence-corrected chi connectivity index (χ1v) is 5.74. The fourth-order valence-corrected chi connectivity index (χ4v) is 2.32. The van der Waals surface area contributed by atoms with Crippen molar-refractivity contribution in [1.82, 2.24) is 4.98 Å². The van der Waals surface area contributed by atoms with E-state index in [0.29, 0.717) is 16.4 Å². The minimum absolute atomic E-state index is 0.302.